The quantitative estimate of drug-likeness (QED) is 0.373. The van der Waals surface area contributed by atoms with Crippen LogP contribution in [0, 0.1) is 17.0 Å². The minimum atomic E-state index is -4.14. The molecule has 3 aromatic rings. The Bertz CT molecular complexity index is 1220. The minimum Gasteiger partial charge on any atom is -0.371 e. The zero-order chi connectivity index (χ0) is 26.9. The van der Waals surface area contributed by atoms with Crippen molar-refractivity contribution < 1.29 is 22.0 Å². The molecule has 4 heterocycles. The number of hydrogen-bond donors (Lipinski definition) is 2. The normalized spacial score (nSPS) is 21.7. The van der Waals surface area contributed by atoms with Gasteiger partial charge in [-0.1, -0.05) is 18.2 Å². The first-order chi connectivity index (χ1) is 18.1. The van der Waals surface area contributed by atoms with E-state index in [1.807, 2.05) is 31.2 Å². The van der Waals surface area contributed by atoms with Gasteiger partial charge in [-0.3, -0.25) is 4.90 Å². The number of anilines is 1. The number of aromatic nitrogens is 1. The number of benzene rings is 2. The van der Waals surface area contributed by atoms with Crippen LogP contribution in [0.2, 0.25) is 0 Å². The monoisotopic (exact) mass is 534 g/mol. The summed E-state index contributed by atoms with van der Waals surface area (Å²) in [6.45, 7) is 5.36. The predicted octanol–water partition coefficient (Wildman–Crippen LogP) is 6.41. The van der Waals surface area contributed by atoms with E-state index in [0.29, 0.717) is 24.1 Å². The highest BCUT2D eigenvalue weighted by molar-refractivity contribution is 5.84. The van der Waals surface area contributed by atoms with Crippen molar-refractivity contribution in [2.75, 3.05) is 37.6 Å². The molecule has 2 saturated heterocycles. The number of hydrogen-bond acceptors (Lipinski definition) is 3. The third kappa shape index (κ3) is 6.15. The maximum atomic E-state index is 13.3. The van der Waals surface area contributed by atoms with E-state index in [4.69, 9.17) is 0 Å². The summed E-state index contributed by atoms with van der Waals surface area (Å²) in [5.41, 5.74) is 4.19. The highest BCUT2D eigenvalue weighted by atomic mass is 19.4. The Kier molecular flexibility index (Phi) is 7.69. The molecule has 0 radical (unpaired) electrons. The fraction of sp³-hybridized carbons (Fsp3) is 0.517. The summed E-state index contributed by atoms with van der Waals surface area (Å²) in [4.78, 5) is 6.83. The van der Waals surface area contributed by atoms with Gasteiger partial charge < -0.3 is 15.2 Å². The number of aromatic amines is 1. The van der Waals surface area contributed by atoms with E-state index in [9.17, 15) is 22.0 Å². The molecule has 1 spiro atoms. The van der Waals surface area contributed by atoms with Gasteiger partial charge in [0.2, 0.25) is 0 Å². The summed E-state index contributed by atoms with van der Waals surface area (Å²) in [6, 6.07) is 11.6. The van der Waals surface area contributed by atoms with Crippen molar-refractivity contribution in [2.24, 2.45) is 5.41 Å². The second-order valence-electron chi connectivity index (χ2n) is 11.1. The molecule has 0 aliphatic carbocycles. The van der Waals surface area contributed by atoms with Crippen molar-refractivity contribution in [3.05, 3.63) is 65.4 Å². The number of nitrogens with one attached hydrogen (secondary N) is 2. The number of para-hydroxylation sites is 1. The molecule has 2 N–H and O–H groups in total. The molecular formula is C29H35F5N4. The Morgan fingerprint density at radius 1 is 1.00 bits per heavy atom. The maximum absolute atomic E-state index is 13.3. The molecule has 0 saturated carbocycles. The van der Waals surface area contributed by atoms with Gasteiger partial charge in [-0.25, -0.2) is 8.78 Å². The smallest absolute Gasteiger partial charge is 0.371 e. The Hall–Kier alpha value is -2.65. The Morgan fingerprint density at radius 2 is 1.71 bits per heavy atom. The molecule has 6 rings (SSSR count). The van der Waals surface area contributed by atoms with E-state index in [1.54, 1.807) is 0 Å². The van der Waals surface area contributed by atoms with Crippen LogP contribution >= 0.6 is 0 Å². The van der Waals surface area contributed by atoms with Gasteiger partial charge in [0.05, 0.1) is 6.54 Å². The van der Waals surface area contributed by atoms with E-state index < -0.39 is 24.4 Å². The highest BCUT2D eigenvalue weighted by Gasteiger charge is 2.37. The zero-order valence-corrected chi connectivity index (χ0v) is 21.7. The third-order valence-electron chi connectivity index (χ3n) is 8.37. The second kappa shape index (κ2) is 10.8. The van der Waals surface area contributed by atoms with Crippen LogP contribution in [-0.2, 0) is 13.0 Å². The van der Waals surface area contributed by atoms with Crippen molar-refractivity contribution in [3.8, 4) is 0 Å². The Morgan fingerprint density at radius 3 is 2.37 bits per heavy atom. The first-order valence-corrected chi connectivity index (χ1v) is 13.4. The number of halogens is 5. The molecule has 3 aliphatic heterocycles. The fourth-order valence-corrected chi connectivity index (χ4v) is 6.27. The molecule has 9 heteroatoms. The Balaban J connectivity index is 0.000000155. The molecule has 0 bridgehead atoms. The molecule has 2 aromatic carbocycles. The first kappa shape index (κ1) is 26.9. The standard InChI is InChI=1S/C15H20F2N2.C14H15F3N2/c16-12-8-13(17)10-14(9-12)19-6-3-15(4-7-19)2-1-5-18-11-15;1-9-6-11-10-4-2-3-5-12(10)18-13(11)7-19(9)8-14(15,16)17/h8-10,18H,1-7,11H2;2-5,9,18H,6-8H2,1H3. The molecule has 0 amide bonds. The van der Waals surface area contributed by atoms with Crippen molar-refractivity contribution in [1.82, 2.24) is 15.2 Å². The lowest BCUT2D eigenvalue weighted by molar-refractivity contribution is -0.152. The summed E-state index contributed by atoms with van der Waals surface area (Å²) in [5, 5.41) is 4.61. The Labute approximate surface area is 220 Å². The minimum absolute atomic E-state index is 0.0895. The number of nitrogens with zero attached hydrogens (tertiary/aromatic N) is 2. The van der Waals surface area contributed by atoms with Gasteiger partial charge in [-0.2, -0.15) is 13.2 Å². The lowest BCUT2D eigenvalue weighted by Gasteiger charge is -2.45. The van der Waals surface area contributed by atoms with Gasteiger partial charge in [0.1, 0.15) is 11.6 Å². The zero-order valence-electron chi connectivity index (χ0n) is 21.7. The number of H-pyrrole nitrogens is 1. The van der Waals surface area contributed by atoms with Gasteiger partial charge in [-0.15, -0.1) is 0 Å². The first-order valence-electron chi connectivity index (χ1n) is 13.4. The lowest BCUT2D eigenvalue weighted by Crippen LogP contribution is -2.48. The highest BCUT2D eigenvalue weighted by Crippen LogP contribution is 2.38. The van der Waals surface area contributed by atoms with Crippen molar-refractivity contribution in [1.29, 1.82) is 0 Å². The number of piperidine rings is 2. The summed E-state index contributed by atoms with van der Waals surface area (Å²) in [5.74, 6) is -0.982. The van der Waals surface area contributed by atoms with Crippen LogP contribution in [0.4, 0.5) is 27.6 Å². The molecule has 4 nitrogen and oxygen atoms in total. The maximum Gasteiger partial charge on any atom is 0.401 e. The summed E-state index contributed by atoms with van der Waals surface area (Å²) in [6.07, 6.45) is 1.27. The van der Waals surface area contributed by atoms with E-state index in [2.05, 4.69) is 15.2 Å². The van der Waals surface area contributed by atoms with Crippen LogP contribution in [0.25, 0.3) is 10.9 Å². The molecule has 38 heavy (non-hydrogen) atoms. The predicted molar refractivity (Wildman–Crippen MR) is 140 cm³/mol. The van der Waals surface area contributed by atoms with Crippen LogP contribution in [-0.4, -0.2) is 54.8 Å². The molecule has 1 aromatic heterocycles. The molecule has 3 aliphatic rings. The topological polar surface area (TPSA) is 34.3 Å². The molecule has 206 valence electrons. The lowest BCUT2D eigenvalue weighted by atomic mass is 9.73. The molecule has 2 fully saturated rings. The SMILES string of the molecule is CC1Cc2c([nH]c3ccccc23)CN1CC(F)(F)F.Fc1cc(F)cc(N2CCC3(CCCNC3)CC2)c1. The molecule has 1 unspecified atom stereocenters. The summed E-state index contributed by atoms with van der Waals surface area (Å²) in [7, 11) is 0. The number of fused-ring (bicyclic) bond motifs is 3. The largest absolute Gasteiger partial charge is 0.401 e. The van der Waals surface area contributed by atoms with Gasteiger partial charge in [0.25, 0.3) is 0 Å². The van der Waals surface area contributed by atoms with Crippen LogP contribution < -0.4 is 10.2 Å². The van der Waals surface area contributed by atoms with Crippen molar-refractivity contribution in [3.63, 3.8) is 0 Å². The number of rotatable bonds is 2. The van der Waals surface area contributed by atoms with E-state index in [-0.39, 0.29) is 6.04 Å². The summed E-state index contributed by atoms with van der Waals surface area (Å²) < 4.78 is 64.1. The van der Waals surface area contributed by atoms with Crippen LogP contribution in [0.3, 0.4) is 0 Å². The van der Waals surface area contributed by atoms with E-state index in [1.165, 1.54) is 35.4 Å². The molecular weight excluding hydrogens is 499 g/mol. The average Bonchev–Trinajstić information content (AvgIpc) is 3.21. The number of alkyl halides is 3. The van der Waals surface area contributed by atoms with Crippen LogP contribution in [0.15, 0.2) is 42.5 Å². The van der Waals surface area contributed by atoms with E-state index >= 15 is 0 Å². The van der Waals surface area contributed by atoms with Crippen LogP contribution in [0.1, 0.15) is 43.9 Å². The van der Waals surface area contributed by atoms with Crippen LogP contribution in [0.5, 0.6) is 0 Å². The van der Waals surface area contributed by atoms with Gasteiger partial charge in [0, 0.05) is 60.6 Å². The van der Waals surface area contributed by atoms with Gasteiger partial charge in [0.15, 0.2) is 0 Å². The van der Waals surface area contributed by atoms with Crippen molar-refractivity contribution >= 4 is 16.6 Å². The van der Waals surface area contributed by atoms with Crippen molar-refractivity contribution in [2.45, 2.75) is 57.8 Å². The van der Waals surface area contributed by atoms with Gasteiger partial charge in [-0.05, 0) is 74.8 Å². The summed E-state index contributed by atoms with van der Waals surface area (Å²) >= 11 is 0. The fourth-order valence-electron chi connectivity index (χ4n) is 6.27. The van der Waals surface area contributed by atoms with Gasteiger partial charge >= 0.3 is 6.18 Å². The third-order valence-corrected chi connectivity index (χ3v) is 8.37. The average molecular weight is 535 g/mol. The van der Waals surface area contributed by atoms with E-state index in [0.717, 1.165) is 61.7 Å². The molecule has 1 atom stereocenters. The second-order valence-corrected chi connectivity index (χ2v) is 11.1.